The highest BCUT2D eigenvalue weighted by Gasteiger charge is 2.39. The van der Waals surface area contributed by atoms with Gasteiger partial charge in [-0.2, -0.15) is 0 Å². The number of nitrogens with zero attached hydrogens (tertiary/aromatic N) is 2. The highest BCUT2D eigenvalue weighted by molar-refractivity contribution is 5.79. The van der Waals surface area contributed by atoms with Gasteiger partial charge < -0.3 is 10.4 Å². The third-order valence-corrected chi connectivity index (χ3v) is 3.73. The molecule has 0 heterocycles. The van der Waals surface area contributed by atoms with Crippen LogP contribution in [0.3, 0.4) is 0 Å². The van der Waals surface area contributed by atoms with Crippen molar-refractivity contribution in [3.63, 3.8) is 0 Å². The summed E-state index contributed by atoms with van der Waals surface area (Å²) in [4.78, 5) is 22.8. The number of nitro groups is 1. The van der Waals surface area contributed by atoms with Crippen LogP contribution in [0.4, 0.5) is 11.4 Å². The smallest absolute Gasteiger partial charge is 0.328 e. The van der Waals surface area contributed by atoms with E-state index in [1.54, 1.807) is 12.1 Å². The molecular weight excluding hydrogens is 286 g/mol. The number of nitrogens with one attached hydrogen (secondary N) is 1. The molecule has 1 aliphatic carbocycles. The van der Waals surface area contributed by atoms with Crippen LogP contribution < -0.4 is 5.32 Å². The van der Waals surface area contributed by atoms with Crippen LogP contribution in [0.2, 0.25) is 0 Å². The van der Waals surface area contributed by atoms with Crippen LogP contribution in [-0.2, 0) is 4.79 Å². The normalized spacial score (nSPS) is 20.3. The van der Waals surface area contributed by atoms with E-state index in [1.165, 1.54) is 12.1 Å². The molecule has 0 saturated heterocycles. The van der Waals surface area contributed by atoms with Crippen LogP contribution >= 0.6 is 0 Å². The van der Waals surface area contributed by atoms with Gasteiger partial charge in [-0.3, -0.25) is 15.0 Å². The Labute approximate surface area is 128 Å². The van der Waals surface area contributed by atoms with E-state index < -0.39 is 10.9 Å². The van der Waals surface area contributed by atoms with Crippen molar-refractivity contribution in [1.82, 2.24) is 4.90 Å². The molecule has 0 amide bonds. The first-order chi connectivity index (χ1) is 10.5. The minimum atomic E-state index is -0.937. The van der Waals surface area contributed by atoms with Gasteiger partial charge in [-0.25, -0.2) is 4.79 Å². The fraction of sp³-hybridized carbons (Fsp3) is 0.400. The lowest BCUT2D eigenvalue weighted by Gasteiger charge is -2.14. The van der Waals surface area contributed by atoms with Crippen molar-refractivity contribution in [1.29, 1.82) is 0 Å². The Bertz CT molecular complexity index is 588. The molecule has 2 rings (SSSR count). The lowest BCUT2D eigenvalue weighted by Crippen LogP contribution is -2.24. The maximum Gasteiger partial charge on any atom is 0.328 e. The summed E-state index contributed by atoms with van der Waals surface area (Å²) in [6.45, 7) is 1.35. The Morgan fingerprint density at radius 3 is 3.05 bits per heavy atom. The zero-order valence-corrected chi connectivity index (χ0v) is 12.3. The molecule has 7 nitrogen and oxygen atoms in total. The number of non-ortho nitro benzene ring substituents is 1. The van der Waals surface area contributed by atoms with Gasteiger partial charge in [-0.15, -0.1) is 0 Å². The summed E-state index contributed by atoms with van der Waals surface area (Å²) in [5.74, 6) is -0.462. The van der Waals surface area contributed by atoms with E-state index >= 15 is 0 Å². The summed E-state index contributed by atoms with van der Waals surface area (Å²) in [5, 5.41) is 22.5. The maximum atomic E-state index is 10.7. The second kappa shape index (κ2) is 7.04. The molecule has 0 spiro atoms. The molecule has 7 heteroatoms. The molecule has 22 heavy (non-hydrogen) atoms. The van der Waals surface area contributed by atoms with Crippen molar-refractivity contribution in [2.45, 2.75) is 12.5 Å². The van der Waals surface area contributed by atoms with E-state index in [1.807, 2.05) is 13.1 Å². The SMILES string of the molecule is CN(C/C=C/C(=O)O)C1CC1CNc1cccc([N+](=O)[O-])c1. The number of aliphatic carboxylic acids is 1. The molecule has 2 N–H and O–H groups in total. The molecular formula is C15H19N3O4. The van der Waals surface area contributed by atoms with Crippen LogP contribution in [0.15, 0.2) is 36.4 Å². The van der Waals surface area contributed by atoms with E-state index in [0.29, 0.717) is 18.5 Å². The number of rotatable bonds is 8. The van der Waals surface area contributed by atoms with Gasteiger partial charge >= 0.3 is 5.97 Å². The third kappa shape index (κ3) is 4.56. The number of carbonyl (C=O) groups is 1. The zero-order chi connectivity index (χ0) is 16.1. The molecule has 0 aliphatic heterocycles. The van der Waals surface area contributed by atoms with Gasteiger partial charge in [0.15, 0.2) is 0 Å². The summed E-state index contributed by atoms with van der Waals surface area (Å²) >= 11 is 0. The van der Waals surface area contributed by atoms with Crippen molar-refractivity contribution >= 4 is 17.3 Å². The lowest BCUT2D eigenvalue weighted by atomic mass is 10.2. The first kappa shape index (κ1) is 16.0. The molecule has 1 fully saturated rings. The quantitative estimate of drug-likeness (QED) is 0.433. The minimum Gasteiger partial charge on any atom is -0.478 e. The molecule has 0 aromatic heterocycles. The van der Waals surface area contributed by atoms with Gasteiger partial charge in [0.25, 0.3) is 5.69 Å². The fourth-order valence-electron chi connectivity index (χ4n) is 2.42. The molecule has 1 aromatic rings. The average molecular weight is 305 g/mol. The van der Waals surface area contributed by atoms with E-state index in [-0.39, 0.29) is 5.69 Å². The van der Waals surface area contributed by atoms with Crippen LogP contribution in [0.5, 0.6) is 0 Å². The molecule has 0 radical (unpaired) electrons. The largest absolute Gasteiger partial charge is 0.478 e. The number of hydrogen-bond donors (Lipinski definition) is 2. The Balaban J connectivity index is 1.76. The van der Waals surface area contributed by atoms with Crippen LogP contribution in [0.1, 0.15) is 6.42 Å². The molecule has 0 bridgehead atoms. The number of anilines is 1. The van der Waals surface area contributed by atoms with Gasteiger partial charge in [0.05, 0.1) is 4.92 Å². The second-order valence-electron chi connectivity index (χ2n) is 5.43. The molecule has 1 aliphatic rings. The van der Waals surface area contributed by atoms with Gasteiger partial charge in [-0.1, -0.05) is 12.1 Å². The van der Waals surface area contributed by atoms with Crippen LogP contribution in [0, 0.1) is 16.0 Å². The molecule has 2 unspecified atom stereocenters. The predicted octanol–water partition coefficient (Wildman–Crippen LogP) is 1.97. The second-order valence-corrected chi connectivity index (χ2v) is 5.43. The van der Waals surface area contributed by atoms with Crippen LogP contribution in [-0.4, -0.2) is 47.1 Å². The Morgan fingerprint density at radius 1 is 1.59 bits per heavy atom. The van der Waals surface area contributed by atoms with E-state index in [4.69, 9.17) is 5.11 Å². The summed E-state index contributed by atoms with van der Waals surface area (Å²) in [5.41, 5.74) is 0.821. The first-order valence-corrected chi connectivity index (χ1v) is 7.05. The van der Waals surface area contributed by atoms with Gasteiger partial charge in [0.2, 0.25) is 0 Å². The van der Waals surface area contributed by atoms with Crippen molar-refractivity contribution < 1.29 is 14.8 Å². The summed E-state index contributed by atoms with van der Waals surface area (Å²) < 4.78 is 0. The van der Waals surface area contributed by atoms with E-state index in [2.05, 4.69) is 10.2 Å². The van der Waals surface area contributed by atoms with E-state index in [0.717, 1.165) is 24.7 Å². The zero-order valence-electron chi connectivity index (χ0n) is 12.3. The number of nitro benzene ring substituents is 1. The highest BCUT2D eigenvalue weighted by Crippen LogP contribution is 2.35. The first-order valence-electron chi connectivity index (χ1n) is 7.05. The average Bonchev–Trinajstić information content (AvgIpc) is 3.24. The van der Waals surface area contributed by atoms with Gasteiger partial charge in [0, 0.05) is 43.0 Å². The number of likely N-dealkylation sites (N-methyl/N-ethyl adjacent to an activating group) is 1. The monoisotopic (exact) mass is 305 g/mol. The van der Waals surface area contributed by atoms with Crippen molar-refractivity contribution in [2.24, 2.45) is 5.92 Å². The number of benzene rings is 1. The Hall–Kier alpha value is -2.41. The fourth-order valence-corrected chi connectivity index (χ4v) is 2.42. The molecule has 118 valence electrons. The molecule has 1 aromatic carbocycles. The summed E-state index contributed by atoms with van der Waals surface area (Å²) in [6.07, 6.45) is 3.82. The topological polar surface area (TPSA) is 95.7 Å². The Kier molecular flexibility index (Phi) is 5.11. The van der Waals surface area contributed by atoms with Crippen molar-refractivity contribution in [3.05, 3.63) is 46.5 Å². The van der Waals surface area contributed by atoms with Crippen molar-refractivity contribution in [3.8, 4) is 0 Å². The van der Waals surface area contributed by atoms with E-state index in [9.17, 15) is 14.9 Å². The third-order valence-electron chi connectivity index (χ3n) is 3.73. The summed E-state index contributed by atoms with van der Waals surface area (Å²) in [7, 11) is 1.96. The van der Waals surface area contributed by atoms with Gasteiger partial charge in [0.1, 0.15) is 0 Å². The molecule has 1 saturated carbocycles. The molecule has 2 atom stereocenters. The van der Waals surface area contributed by atoms with Gasteiger partial charge in [-0.05, 0) is 25.5 Å². The lowest BCUT2D eigenvalue weighted by molar-refractivity contribution is -0.384. The Morgan fingerprint density at radius 2 is 2.36 bits per heavy atom. The van der Waals surface area contributed by atoms with Crippen molar-refractivity contribution in [2.75, 3.05) is 25.5 Å². The minimum absolute atomic E-state index is 0.0771. The van der Waals surface area contributed by atoms with Crippen LogP contribution in [0.25, 0.3) is 0 Å². The maximum absolute atomic E-state index is 10.7. The number of carboxylic acid groups (broad SMARTS) is 1. The predicted molar refractivity (Wildman–Crippen MR) is 82.9 cm³/mol. The summed E-state index contributed by atoms with van der Waals surface area (Å²) in [6, 6.07) is 6.88. The number of carboxylic acids is 1. The number of hydrogen-bond acceptors (Lipinski definition) is 5. The highest BCUT2D eigenvalue weighted by atomic mass is 16.6. The standard InChI is InChI=1S/C15H19N3O4/c1-17(7-3-6-15(19)20)14-8-11(14)10-16-12-4-2-5-13(9-12)18(21)22/h2-6,9,11,14,16H,7-8,10H2,1H3,(H,19,20)/b6-3+.